The second-order valence-corrected chi connectivity index (χ2v) is 8.41. The number of amides is 1. The molecule has 1 saturated heterocycles. The fourth-order valence-corrected chi connectivity index (χ4v) is 4.33. The molecule has 192 valence electrons. The van der Waals surface area contributed by atoms with Crippen LogP contribution >= 0.6 is 0 Å². The highest BCUT2D eigenvalue weighted by atomic mass is 19.4. The molecule has 1 unspecified atom stereocenters. The van der Waals surface area contributed by atoms with Crippen molar-refractivity contribution in [1.29, 1.82) is 0 Å². The summed E-state index contributed by atoms with van der Waals surface area (Å²) in [5, 5.41) is 11.3. The molecule has 3 aromatic rings. The molecule has 0 spiro atoms. The summed E-state index contributed by atoms with van der Waals surface area (Å²) in [6, 6.07) is 14.2. The van der Waals surface area contributed by atoms with Crippen LogP contribution in [0.25, 0.3) is 5.76 Å². The van der Waals surface area contributed by atoms with Crippen molar-refractivity contribution < 1.29 is 37.3 Å². The first kappa shape index (κ1) is 25.8. The quantitative estimate of drug-likeness (QED) is 0.248. The number of aliphatic hydroxyl groups excluding tert-OH is 1. The van der Waals surface area contributed by atoms with E-state index in [1.165, 1.54) is 13.2 Å². The lowest BCUT2D eigenvalue weighted by Gasteiger charge is -2.26. The lowest BCUT2D eigenvalue weighted by molar-refractivity contribution is -0.137. The Balaban J connectivity index is 1.94. The van der Waals surface area contributed by atoms with Gasteiger partial charge < -0.3 is 14.6 Å². The van der Waals surface area contributed by atoms with Gasteiger partial charge >= 0.3 is 6.18 Å². The third-order valence-electron chi connectivity index (χ3n) is 6.05. The highest BCUT2D eigenvalue weighted by molar-refractivity contribution is 6.51. The second-order valence-electron chi connectivity index (χ2n) is 8.41. The van der Waals surface area contributed by atoms with E-state index in [1.807, 2.05) is 6.92 Å². The predicted octanol–water partition coefficient (Wildman–Crippen LogP) is 6.05. The van der Waals surface area contributed by atoms with Crippen LogP contribution in [0.5, 0.6) is 11.5 Å². The average Bonchev–Trinajstić information content (AvgIpc) is 3.14. The van der Waals surface area contributed by atoms with Gasteiger partial charge in [-0.15, -0.1) is 0 Å². The number of aryl methyl sites for hydroxylation is 1. The van der Waals surface area contributed by atoms with E-state index in [9.17, 15) is 27.9 Å². The number of ketones is 1. The highest BCUT2D eigenvalue weighted by Crippen LogP contribution is 2.44. The van der Waals surface area contributed by atoms with Crippen molar-refractivity contribution in [3.63, 3.8) is 0 Å². The number of alkyl halides is 3. The molecule has 1 heterocycles. The maximum atomic E-state index is 13.5. The molecule has 4 rings (SSSR count). The zero-order valence-corrected chi connectivity index (χ0v) is 20.3. The second kappa shape index (κ2) is 10.0. The molecule has 1 atom stereocenters. The summed E-state index contributed by atoms with van der Waals surface area (Å²) in [6.07, 6.45) is -4.66. The molecule has 1 amide bonds. The zero-order chi connectivity index (χ0) is 26.9. The van der Waals surface area contributed by atoms with Gasteiger partial charge in [0.1, 0.15) is 17.3 Å². The van der Waals surface area contributed by atoms with Gasteiger partial charge in [-0.25, -0.2) is 0 Å². The minimum atomic E-state index is -4.66. The van der Waals surface area contributed by atoms with Crippen LogP contribution in [0.1, 0.15) is 35.2 Å². The maximum absolute atomic E-state index is 13.5. The zero-order valence-electron chi connectivity index (χ0n) is 20.3. The SMILES string of the molecule is CCOc1ccc(/C(O)=C2\C(=O)C(=O)N(c3cccc(C(F)(F)F)c3)C2c2cccc(OC)c2)cc1C. The van der Waals surface area contributed by atoms with Crippen molar-refractivity contribution in [2.24, 2.45) is 0 Å². The van der Waals surface area contributed by atoms with Gasteiger partial charge in [0.15, 0.2) is 0 Å². The first-order chi connectivity index (χ1) is 17.6. The van der Waals surface area contributed by atoms with Crippen LogP contribution in [0.3, 0.4) is 0 Å². The van der Waals surface area contributed by atoms with Crippen LogP contribution in [0.15, 0.2) is 72.3 Å². The summed E-state index contributed by atoms with van der Waals surface area (Å²) in [5.74, 6) is -1.53. The third-order valence-corrected chi connectivity index (χ3v) is 6.05. The number of aliphatic hydroxyl groups is 1. The molecule has 9 heteroatoms. The van der Waals surface area contributed by atoms with E-state index in [-0.39, 0.29) is 16.8 Å². The molecular formula is C28H24F3NO5. The number of rotatable bonds is 6. The molecule has 0 aliphatic carbocycles. The molecule has 0 radical (unpaired) electrons. The Morgan fingerprint density at radius 3 is 2.41 bits per heavy atom. The Bertz CT molecular complexity index is 1400. The molecule has 37 heavy (non-hydrogen) atoms. The largest absolute Gasteiger partial charge is 0.507 e. The molecule has 3 aromatic carbocycles. The summed E-state index contributed by atoms with van der Waals surface area (Å²) in [5.41, 5.74) is -0.0312. The van der Waals surface area contributed by atoms with Gasteiger partial charge in [-0.3, -0.25) is 14.5 Å². The molecular weight excluding hydrogens is 487 g/mol. The van der Waals surface area contributed by atoms with E-state index in [1.54, 1.807) is 49.4 Å². The number of carbonyl (C=O) groups excluding carboxylic acids is 2. The molecule has 6 nitrogen and oxygen atoms in total. The van der Waals surface area contributed by atoms with Crippen LogP contribution in [0.2, 0.25) is 0 Å². The van der Waals surface area contributed by atoms with Crippen molar-refractivity contribution in [1.82, 2.24) is 0 Å². The smallest absolute Gasteiger partial charge is 0.416 e. The number of Topliss-reactive ketones (excluding diaryl/α,β-unsaturated/α-hetero) is 1. The summed E-state index contributed by atoms with van der Waals surface area (Å²) >= 11 is 0. The van der Waals surface area contributed by atoms with Crippen molar-refractivity contribution >= 4 is 23.1 Å². The van der Waals surface area contributed by atoms with Crippen molar-refractivity contribution in [3.8, 4) is 11.5 Å². The number of ether oxygens (including phenoxy) is 2. The molecule has 0 saturated carbocycles. The van der Waals surface area contributed by atoms with Crippen LogP contribution in [-0.4, -0.2) is 30.5 Å². The Hall–Kier alpha value is -4.27. The van der Waals surface area contributed by atoms with E-state index < -0.39 is 35.2 Å². The highest BCUT2D eigenvalue weighted by Gasteiger charge is 2.47. The molecule has 1 aliphatic heterocycles. The number of carbonyl (C=O) groups is 2. The van der Waals surface area contributed by atoms with Crippen LogP contribution in [0.4, 0.5) is 18.9 Å². The Morgan fingerprint density at radius 2 is 1.76 bits per heavy atom. The topological polar surface area (TPSA) is 76.1 Å². The number of halogens is 3. The lowest BCUT2D eigenvalue weighted by atomic mass is 9.94. The van der Waals surface area contributed by atoms with Gasteiger partial charge in [0.2, 0.25) is 0 Å². The first-order valence-electron chi connectivity index (χ1n) is 11.4. The summed E-state index contributed by atoms with van der Waals surface area (Å²) < 4.78 is 51.2. The number of hydrogen-bond donors (Lipinski definition) is 1. The number of hydrogen-bond acceptors (Lipinski definition) is 5. The summed E-state index contributed by atoms with van der Waals surface area (Å²) in [6.45, 7) is 4.03. The van der Waals surface area contributed by atoms with Crippen LogP contribution < -0.4 is 14.4 Å². The Kier molecular flexibility index (Phi) is 6.98. The Labute approximate surface area is 211 Å². The predicted molar refractivity (Wildman–Crippen MR) is 132 cm³/mol. The molecule has 0 aromatic heterocycles. The standard InChI is InChI=1S/C28H24F3NO5/c1-4-37-22-12-11-18(13-16(22)2)25(33)23-24(17-7-5-10-21(14-17)36-3)32(27(35)26(23)34)20-9-6-8-19(15-20)28(29,30)31/h5-15,24,33H,4H2,1-3H3/b25-23+. The molecule has 0 bridgehead atoms. The minimum Gasteiger partial charge on any atom is -0.507 e. The monoisotopic (exact) mass is 511 g/mol. The minimum absolute atomic E-state index is 0.133. The van der Waals surface area contributed by atoms with E-state index in [0.717, 1.165) is 23.1 Å². The fourth-order valence-electron chi connectivity index (χ4n) is 4.33. The Morgan fingerprint density at radius 1 is 1.03 bits per heavy atom. The molecule has 1 N–H and O–H groups in total. The van der Waals surface area contributed by atoms with E-state index in [4.69, 9.17) is 9.47 Å². The van der Waals surface area contributed by atoms with Gasteiger partial charge in [0, 0.05) is 11.3 Å². The average molecular weight is 511 g/mol. The van der Waals surface area contributed by atoms with E-state index in [2.05, 4.69) is 0 Å². The molecule has 1 aliphatic rings. The van der Waals surface area contributed by atoms with Gasteiger partial charge in [0.05, 0.1) is 30.9 Å². The number of methoxy groups -OCH3 is 1. The van der Waals surface area contributed by atoms with Crippen molar-refractivity contribution in [3.05, 3.63) is 94.6 Å². The number of anilines is 1. The van der Waals surface area contributed by atoms with Gasteiger partial charge in [-0.1, -0.05) is 18.2 Å². The van der Waals surface area contributed by atoms with Gasteiger partial charge in [-0.2, -0.15) is 13.2 Å². The van der Waals surface area contributed by atoms with Gasteiger partial charge in [-0.05, 0) is 73.5 Å². The normalized spacial score (nSPS) is 17.2. The van der Waals surface area contributed by atoms with Crippen molar-refractivity contribution in [2.45, 2.75) is 26.1 Å². The first-order valence-corrected chi connectivity index (χ1v) is 11.4. The third kappa shape index (κ3) is 4.89. The van der Waals surface area contributed by atoms with E-state index in [0.29, 0.717) is 29.2 Å². The number of nitrogens with zero attached hydrogens (tertiary/aromatic N) is 1. The molecule has 1 fully saturated rings. The van der Waals surface area contributed by atoms with Crippen LogP contribution in [-0.2, 0) is 15.8 Å². The van der Waals surface area contributed by atoms with Crippen molar-refractivity contribution in [2.75, 3.05) is 18.6 Å². The lowest BCUT2D eigenvalue weighted by Crippen LogP contribution is -2.29. The van der Waals surface area contributed by atoms with Gasteiger partial charge in [0.25, 0.3) is 11.7 Å². The summed E-state index contributed by atoms with van der Waals surface area (Å²) in [7, 11) is 1.44. The number of benzene rings is 3. The van der Waals surface area contributed by atoms with Crippen LogP contribution in [0, 0.1) is 6.92 Å². The summed E-state index contributed by atoms with van der Waals surface area (Å²) in [4.78, 5) is 27.5. The fraction of sp³-hybridized carbons (Fsp3) is 0.214. The van der Waals surface area contributed by atoms with E-state index >= 15 is 0 Å². The maximum Gasteiger partial charge on any atom is 0.416 e.